The zero-order chi connectivity index (χ0) is 14.0. The molecule has 0 radical (unpaired) electrons. The molecule has 104 valence electrons. The SMILES string of the molecule is O=C(O)c1ccc(CC(F)(F)F)cc1N1CCCC1. The monoisotopic (exact) mass is 273 g/mol. The summed E-state index contributed by atoms with van der Waals surface area (Å²) in [6, 6.07) is 3.84. The number of nitrogens with zero attached hydrogens (tertiary/aromatic N) is 1. The second-order valence-electron chi connectivity index (χ2n) is 4.64. The van der Waals surface area contributed by atoms with E-state index in [-0.39, 0.29) is 11.1 Å². The van der Waals surface area contributed by atoms with E-state index < -0.39 is 18.6 Å². The fraction of sp³-hybridized carbons (Fsp3) is 0.462. The molecule has 0 saturated carbocycles. The molecule has 0 bridgehead atoms. The number of anilines is 1. The highest BCUT2D eigenvalue weighted by atomic mass is 19.4. The molecule has 3 nitrogen and oxygen atoms in total. The maximum Gasteiger partial charge on any atom is 0.393 e. The Hall–Kier alpha value is -1.72. The summed E-state index contributed by atoms with van der Waals surface area (Å²) >= 11 is 0. The molecule has 6 heteroatoms. The van der Waals surface area contributed by atoms with E-state index in [1.54, 1.807) is 0 Å². The molecule has 0 unspecified atom stereocenters. The van der Waals surface area contributed by atoms with Crippen LogP contribution < -0.4 is 4.90 Å². The number of hydrogen-bond acceptors (Lipinski definition) is 2. The third kappa shape index (κ3) is 3.39. The summed E-state index contributed by atoms with van der Waals surface area (Å²) in [5.41, 5.74) is 0.555. The zero-order valence-electron chi connectivity index (χ0n) is 10.2. The van der Waals surface area contributed by atoms with Crippen molar-refractivity contribution in [1.29, 1.82) is 0 Å². The molecule has 1 aromatic rings. The van der Waals surface area contributed by atoms with Gasteiger partial charge in [-0.1, -0.05) is 6.07 Å². The third-order valence-electron chi connectivity index (χ3n) is 3.14. The van der Waals surface area contributed by atoms with Crippen molar-refractivity contribution in [1.82, 2.24) is 0 Å². The van der Waals surface area contributed by atoms with Crippen LogP contribution in [0.2, 0.25) is 0 Å². The number of alkyl halides is 3. The first-order chi connectivity index (χ1) is 8.87. The largest absolute Gasteiger partial charge is 0.478 e. The van der Waals surface area contributed by atoms with E-state index in [1.165, 1.54) is 18.2 Å². The number of halogens is 3. The molecule has 0 spiro atoms. The van der Waals surface area contributed by atoms with Crippen molar-refractivity contribution < 1.29 is 23.1 Å². The maximum atomic E-state index is 12.4. The van der Waals surface area contributed by atoms with Crippen LogP contribution in [-0.2, 0) is 6.42 Å². The number of aromatic carboxylic acids is 1. The van der Waals surface area contributed by atoms with Gasteiger partial charge in [-0.15, -0.1) is 0 Å². The second kappa shape index (κ2) is 5.11. The van der Waals surface area contributed by atoms with Gasteiger partial charge in [0.2, 0.25) is 0 Å². The minimum atomic E-state index is -4.28. The molecule has 1 saturated heterocycles. The van der Waals surface area contributed by atoms with Gasteiger partial charge in [-0.25, -0.2) is 4.79 Å². The normalized spacial score (nSPS) is 15.8. The van der Waals surface area contributed by atoms with Gasteiger partial charge in [-0.05, 0) is 30.5 Å². The van der Waals surface area contributed by atoms with E-state index in [2.05, 4.69) is 0 Å². The molecule has 1 heterocycles. The molecule has 1 aliphatic heterocycles. The van der Waals surface area contributed by atoms with Crippen molar-refractivity contribution in [2.75, 3.05) is 18.0 Å². The van der Waals surface area contributed by atoms with Crippen molar-refractivity contribution in [3.63, 3.8) is 0 Å². The Labute approximate surface area is 108 Å². The average Bonchev–Trinajstić information content (AvgIpc) is 2.79. The minimum absolute atomic E-state index is 0.0628. The van der Waals surface area contributed by atoms with Gasteiger partial charge in [-0.2, -0.15) is 13.2 Å². The second-order valence-corrected chi connectivity index (χ2v) is 4.64. The Bertz CT molecular complexity index is 479. The lowest BCUT2D eigenvalue weighted by molar-refractivity contribution is -0.127. The Morgan fingerprint density at radius 2 is 1.89 bits per heavy atom. The summed E-state index contributed by atoms with van der Waals surface area (Å²) in [4.78, 5) is 13.0. The fourth-order valence-electron chi connectivity index (χ4n) is 2.32. The Balaban J connectivity index is 2.35. The van der Waals surface area contributed by atoms with Crippen molar-refractivity contribution in [3.8, 4) is 0 Å². The molecular formula is C13H14F3NO2. The van der Waals surface area contributed by atoms with Gasteiger partial charge in [-0.3, -0.25) is 0 Å². The summed E-state index contributed by atoms with van der Waals surface area (Å²) in [7, 11) is 0. The van der Waals surface area contributed by atoms with Gasteiger partial charge in [0.25, 0.3) is 0 Å². The summed E-state index contributed by atoms with van der Waals surface area (Å²) in [5.74, 6) is -1.11. The standard InChI is InChI=1S/C13H14F3NO2/c14-13(15,16)8-9-3-4-10(12(18)19)11(7-9)17-5-1-2-6-17/h3-4,7H,1-2,5-6,8H2,(H,18,19). The molecule has 2 rings (SSSR count). The predicted molar refractivity (Wildman–Crippen MR) is 64.6 cm³/mol. The van der Waals surface area contributed by atoms with Crippen molar-refractivity contribution >= 4 is 11.7 Å². The Morgan fingerprint density at radius 1 is 1.26 bits per heavy atom. The maximum absolute atomic E-state index is 12.4. The lowest BCUT2D eigenvalue weighted by Crippen LogP contribution is -2.21. The number of carboxylic acid groups (broad SMARTS) is 1. The van der Waals surface area contributed by atoms with E-state index in [1.807, 2.05) is 4.90 Å². The lowest BCUT2D eigenvalue weighted by atomic mass is 10.1. The van der Waals surface area contributed by atoms with Gasteiger partial charge in [0.15, 0.2) is 0 Å². The Morgan fingerprint density at radius 3 is 2.42 bits per heavy atom. The molecule has 0 aromatic heterocycles. The number of hydrogen-bond donors (Lipinski definition) is 1. The minimum Gasteiger partial charge on any atom is -0.478 e. The van der Waals surface area contributed by atoms with Crippen LogP contribution in [-0.4, -0.2) is 30.3 Å². The van der Waals surface area contributed by atoms with E-state index in [4.69, 9.17) is 5.11 Å². The van der Waals surface area contributed by atoms with Crippen molar-refractivity contribution in [2.24, 2.45) is 0 Å². The zero-order valence-corrected chi connectivity index (χ0v) is 10.2. The van der Waals surface area contributed by atoms with Crippen LogP contribution in [0.1, 0.15) is 28.8 Å². The van der Waals surface area contributed by atoms with Crippen LogP contribution in [0.15, 0.2) is 18.2 Å². The summed E-state index contributed by atoms with van der Waals surface area (Å²) in [6.45, 7) is 1.38. The van der Waals surface area contributed by atoms with Crippen molar-refractivity contribution in [2.45, 2.75) is 25.4 Å². The van der Waals surface area contributed by atoms with E-state index in [0.717, 1.165) is 12.8 Å². The highest BCUT2D eigenvalue weighted by molar-refractivity contribution is 5.94. The van der Waals surface area contributed by atoms with Crippen LogP contribution in [0, 0.1) is 0 Å². The van der Waals surface area contributed by atoms with Gasteiger partial charge in [0.1, 0.15) is 0 Å². The van der Waals surface area contributed by atoms with E-state index >= 15 is 0 Å². The smallest absolute Gasteiger partial charge is 0.393 e. The number of carboxylic acids is 1. The quantitative estimate of drug-likeness (QED) is 0.920. The topological polar surface area (TPSA) is 40.5 Å². The third-order valence-corrected chi connectivity index (χ3v) is 3.14. The summed E-state index contributed by atoms with van der Waals surface area (Å²) < 4.78 is 37.1. The number of benzene rings is 1. The first-order valence-corrected chi connectivity index (χ1v) is 6.05. The first-order valence-electron chi connectivity index (χ1n) is 6.05. The van der Waals surface area contributed by atoms with Crippen LogP contribution in [0.3, 0.4) is 0 Å². The molecule has 0 atom stereocenters. The number of carbonyl (C=O) groups is 1. The molecule has 1 aliphatic rings. The summed E-state index contributed by atoms with van der Waals surface area (Å²) in [6.07, 6.45) is -3.45. The van der Waals surface area contributed by atoms with Crippen molar-refractivity contribution in [3.05, 3.63) is 29.3 Å². The molecule has 1 aromatic carbocycles. The van der Waals surface area contributed by atoms with E-state index in [9.17, 15) is 18.0 Å². The van der Waals surface area contributed by atoms with Gasteiger partial charge in [0, 0.05) is 13.1 Å². The summed E-state index contributed by atoms with van der Waals surface area (Å²) in [5, 5.41) is 9.10. The molecule has 1 fully saturated rings. The molecule has 0 amide bonds. The highest BCUT2D eigenvalue weighted by Crippen LogP contribution is 2.29. The average molecular weight is 273 g/mol. The molecular weight excluding hydrogens is 259 g/mol. The van der Waals surface area contributed by atoms with Crippen LogP contribution in [0.4, 0.5) is 18.9 Å². The predicted octanol–water partition coefficient (Wildman–Crippen LogP) is 3.09. The van der Waals surface area contributed by atoms with Crippen LogP contribution >= 0.6 is 0 Å². The van der Waals surface area contributed by atoms with Crippen LogP contribution in [0.25, 0.3) is 0 Å². The van der Waals surface area contributed by atoms with Gasteiger partial charge < -0.3 is 10.0 Å². The number of rotatable bonds is 3. The van der Waals surface area contributed by atoms with Gasteiger partial charge >= 0.3 is 12.1 Å². The van der Waals surface area contributed by atoms with E-state index in [0.29, 0.717) is 18.8 Å². The fourth-order valence-corrected chi connectivity index (χ4v) is 2.32. The molecule has 19 heavy (non-hydrogen) atoms. The lowest BCUT2D eigenvalue weighted by Gasteiger charge is -2.21. The first kappa shape index (κ1) is 13.7. The Kier molecular flexibility index (Phi) is 3.68. The highest BCUT2D eigenvalue weighted by Gasteiger charge is 2.29. The van der Waals surface area contributed by atoms with Gasteiger partial charge in [0.05, 0.1) is 17.7 Å². The molecule has 0 aliphatic carbocycles. The van der Waals surface area contributed by atoms with Crippen LogP contribution in [0.5, 0.6) is 0 Å². The molecule has 1 N–H and O–H groups in total.